The van der Waals surface area contributed by atoms with E-state index < -0.39 is 0 Å². The van der Waals surface area contributed by atoms with Crippen molar-refractivity contribution in [2.75, 3.05) is 32.7 Å². The number of aryl methyl sites for hydroxylation is 1. The molecule has 0 unspecified atom stereocenters. The topological polar surface area (TPSA) is 55.8 Å². The van der Waals surface area contributed by atoms with Crippen molar-refractivity contribution in [1.82, 2.24) is 15.1 Å². The molecule has 3 atom stereocenters. The van der Waals surface area contributed by atoms with E-state index in [1.54, 1.807) is 0 Å². The van der Waals surface area contributed by atoms with Crippen molar-refractivity contribution < 1.29 is 9.90 Å². The summed E-state index contributed by atoms with van der Waals surface area (Å²) in [4.78, 5) is 17.0. The van der Waals surface area contributed by atoms with Crippen LogP contribution in [0.15, 0.2) is 24.3 Å². The van der Waals surface area contributed by atoms with Crippen LogP contribution in [0.4, 0.5) is 0 Å². The number of carbonyl (C=O) groups is 1. The molecular formula is C20H33N3O2. The molecule has 1 aliphatic rings. The molecule has 1 fully saturated rings. The average molecular weight is 348 g/mol. The molecule has 0 aromatic heterocycles. The number of amides is 1. The fourth-order valence-corrected chi connectivity index (χ4v) is 3.71. The summed E-state index contributed by atoms with van der Waals surface area (Å²) < 4.78 is 0. The van der Waals surface area contributed by atoms with Gasteiger partial charge in [0.25, 0.3) is 0 Å². The van der Waals surface area contributed by atoms with Gasteiger partial charge in [-0.05, 0) is 38.3 Å². The minimum Gasteiger partial charge on any atom is -0.392 e. The van der Waals surface area contributed by atoms with Crippen LogP contribution in [0.2, 0.25) is 0 Å². The molecule has 1 aliphatic heterocycles. The van der Waals surface area contributed by atoms with Gasteiger partial charge in [-0.2, -0.15) is 0 Å². The van der Waals surface area contributed by atoms with E-state index in [4.69, 9.17) is 0 Å². The van der Waals surface area contributed by atoms with Gasteiger partial charge in [-0.15, -0.1) is 0 Å². The van der Waals surface area contributed by atoms with E-state index in [0.29, 0.717) is 19.1 Å². The Morgan fingerprint density at radius 1 is 1.32 bits per heavy atom. The van der Waals surface area contributed by atoms with E-state index in [1.165, 1.54) is 11.1 Å². The van der Waals surface area contributed by atoms with Gasteiger partial charge in [-0.25, -0.2) is 0 Å². The highest BCUT2D eigenvalue weighted by atomic mass is 16.3. The Morgan fingerprint density at radius 2 is 2.04 bits per heavy atom. The summed E-state index contributed by atoms with van der Waals surface area (Å²) in [6.45, 7) is 11.9. The molecule has 2 N–H and O–H groups in total. The van der Waals surface area contributed by atoms with Crippen LogP contribution in [0, 0.1) is 6.92 Å². The van der Waals surface area contributed by atoms with E-state index in [1.807, 2.05) is 26.0 Å². The molecule has 1 aromatic rings. The largest absolute Gasteiger partial charge is 0.392 e. The summed E-state index contributed by atoms with van der Waals surface area (Å²) in [6.07, 6.45) is 0.726. The number of rotatable bonds is 7. The molecule has 25 heavy (non-hydrogen) atoms. The molecule has 5 heteroatoms. The first kappa shape index (κ1) is 19.9. The van der Waals surface area contributed by atoms with Crippen LogP contribution in [-0.4, -0.2) is 65.7 Å². The highest BCUT2D eigenvalue weighted by Crippen LogP contribution is 2.17. The van der Waals surface area contributed by atoms with E-state index in [9.17, 15) is 9.90 Å². The van der Waals surface area contributed by atoms with Gasteiger partial charge in [0.1, 0.15) is 0 Å². The Labute approximate surface area is 152 Å². The summed E-state index contributed by atoms with van der Waals surface area (Å²) >= 11 is 0. The van der Waals surface area contributed by atoms with Gasteiger partial charge in [0.05, 0.1) is 18.7 Å². The lowest BCUT2D eigenvalue weighted by Gasteiger charge is -2.41. The lowest BCUT2D eigenvalue weighted by Crippen LogP contribution is -2.56. The molecule has 0 spiro atoms. The molecule has 1 aromatic carbocycles. The number of hydrogen-bond donors (Lipinski definition) is 2. The van der Waals surface area contributed by atoms with E-state index in [2.05, 4.69) is 41.1 Å². The molecule has 2 rings (SSSR count). The third kappa shape index (κ3) is 5.80. The molecule has 0 bridgehead atoms. The third-order valence-electron chi connectivity index (χ3n) is 5.06. The molecule has 0 radical (unpaired) electrons. The smallest absolute Gasteiger partial charge is 0.234 e. The standard InChI is InChI=1S/C20H33N3O2/c1-5-18-13-22(10-11-23(18)12-16(3)24)14-20(25)21-17(4)19-9-7-6-8-15(19)2/h6-9,16-18,24H,5,10-14H2,1-4H3,(H,21,25)/t16-,17+,18+/m0/s1. The quantitative estimate of drug-likeness (QED) is 0.792. The van der Waals surface area contributed by atoms with Crippen molar-refractivity contribution in [1.29, 1.82) is 0 Å². The SMILES string of the molecule is CC[C@@H]1CN(CC(=O)N[C@H](C)c2ccccc2C)CCN1C[C@H](C)O. The first-order chi connectivity index (χ1) is 11.9. The number of carbonyl (C=O) groups excluding carboxylic acids is 1. The number of benzene rings is 1. The zero-order valence-electron chi connectivity index (χ0n) is 16.0. The predicted molar refractivity (Wildman–Crippen MR) is 102 cm³/mol. The molecule has 1 amide bonds. The lowest BCUT2D eigenvalue weighted by atomic mass is 10.0. The summed E-state index contributed by atoms with van der Waals surface area (Å²) in [5, 5.41) is 12.8. The van der Waals surface area contributed by atoms with Crippen LogP contribution >= 0.6 is 0 Å². The maximum absolute atomic E-state index is 12.5. The van der Waals surface area contributed by atoms with Crippen molar-refractivity contribution in [3.05, 3.63) is 35.4 Å². The van der Waals surface area contributed by atoms with Gasteiger partial charge < -0.3 is 10.4 Å². The van der Waals surface area contributed by atoms with Crippen LogP contribution in [0.25, 0.3) is 0 Å². The van der Waals surface area contributed by atoms with Gasteiger partial charge >= 0.3 is 0 Å². The Hall–Kier alpha value is -1.43. The summed E-state index contributed by atoms with van der Waals surface area (Å²) in [7, 11) is 0. The van der Waals surface area contributed by atoms with Crippen molar-refractivity contribution >= 4 is 5.91 Å². The molecule has 1 saturated heterocycles. The van der Waals surface area contributed by atoms with Gasteiger partial charge in [0, 0.05) is 32.2 Å². The fourth-order valence-electron chi connectivity index (χ4n) is 3.71. The molecule has 140 valence electrons. The number of β-amino-alcohol motifs (C(OH)–C–C–N with tert-alkyl or cyclic N) is 1. The monoisotopic (exact) mass is 347 g/mol. The number of nitrogens with one attached hydrogen (secondary N) is 1. The van der Waals surface area contributed by atoms with E-state index >= 15 is 0 Å². The first-order valence-electron chi connectivity index (χ1n) is 9.40. The maximum Gasteiger partial charge on any atom is 0.234 e. The number of aliphatic hydroxyl groups excluding tert-OH is 1. The van der Waals surface area contributed by atoms with Crippen LogP contribution < -0.4 is 5.32 Å². The van der Waals surface area contributed by atoms with E-state index in [0.717, 1.165) is 26.1 Å². The van der Waals surface area contributed by atoms with Crippen molar-refractivity contribution in [2.45, 2.75) is 52.3 Å². The second-order valence-corrected chi connectivity index (χ2v) is 7.29. The lowest BCUT2D eigenvalue weighted by molar-refractivity contribution is -0.123. The minimum atomic E-state index is -0.307. The van der Waals surface area contributed by atoms with Gasteiger partial charge in [0.2, 0.25) is 5.91 Å². The molecule has 5 nitrogen and oxygen atoms in total. The highest BCUT2D eigenvalue weighted by Gasteiger charge is 2.27. The molecule has 0 saturated carbocycles. The zero-order chi connectivity index (χ0) is 18.4. The number of piperazine rings is 1. The van der Waals surface area contributed by atoms with Crippen molar-refractivity contribution in [3.63, 3.8) is 0 Å². The Bertz CT molecular complexity index is 562. The van der Waals surface area contributed by atoms with Gasteiger partial charge in [0.15, 0.2) is 0 Å². The molecule has 0 aliphatic carbocycles. The Kier molecular flexibility index (Phi) is 7.41. The Balaban J connectivity index is 1.85. The van der Waals surface area contributed by atoms with Crippen LogP contribution in [0.5, 0.6) is 0 Å². The predicted octanol–water partition coefficient (Wildman–Crippen LogP) is 1.95. The first-order valence-corrected chi connectivity index (χ1v) is 9.40. The van der Waals surface area contributed by atoms with Gasteiger partial charge in [-0.1, -0.05) is 31.2 Å². The molecule has 1 heterocycles. The van der Waals surface area contributed by atoms with Crippen LogP contribution in [0.3, 0.4) is 0 Å². The number of nitrogens with zero attached hydrogens (tertiary/aromatic N) is 2. The summed E-state index contributed by atoms with van der Waals surface area (Å²) in [5.74, 6) is 0.0783. The minimum absolute atomic E-state index is 0.0206. The highest BCUT2D eigenvalue weighted by molar-refractivity contribution is 5.78. The van der Waals surface area contributed by atoms with Gasteiger partial charge in [-0.3, -0.25) is 14.6 Å². The van der Waals surface area contributed by atoms with Crippen molar-refractivity contribution in [2.24, 2.45) is 0 Å². The van der Waals surface area contributed by atoms with E-state index in [-0.39, 0.29) is 18.1 Å². The number of aliphatic hydroxyl groups is 1. The number of hydrogen-bond acceptors (Lipinski definition) is 4. The van der Waals surface area contributed by atoms with Crippen LogP contribution in [-0.2, 0) is 4.79 Å². The zero-order valence-corrected chi connectivity index (χ0v) is 16.0. The molecular weight excluding hydrogens is 314 g/mol. The second kappa shape index (κ2) is 9.32. The summed E-state index contributed by atoms with van der Waals surface area (Å²) in [6, 6.07) is 8.61. The maximum atomic E-state index is 12.5. The summed E-state index contributed by atoms with van der Waals surface area (Å²) in [5.41, 5.74) is 2.37. The van der Waals surface area contributed by atoms with Crippen LogP contribution in [0.1, 0.15) is 44.4 Å². The average Bonchev–Trinajstić information content (AvgIpc) is 2.56. The fraction of sp³-hybridized carbons (Fsp3) is 0.650. The van der Waals surface area contributed by atoms with Crippen molar-refractivity contribution in [3.8, 4) is 0 Å². The second-order valence-electron chi connectivity index (χ2n) is 7.29. The Morgan fingerprint density at radius 3 is 2.68 bits per heavy atom. The third-order valence-corrected chi connectivity index (χ3v) is 5.06. The normalized spacial score (nSPS) is 21.7.